The first-order chi connectivity index (χ1) is 7.59. The van der Waals surface area contributed by atoms with Gasteiger partial charge in [0.05, 0.1) is 5.60 Å². The molecular weight excluding hydrogens is 210 g/mol. The van der Waals surface area contributed by atoms with E-state index >= 15 is 0 Å². The lowest BCUT2D eigenvalue weighted by Crippen LogP contribution is -2.41. The molecule has 0 aliphatic heterocycles. The Bertz CT molecular complexity index is 382. The molecule has 0 atom stereocenters. The van der Waals surface area contributed by atoms with Gasteiger partial charge in [-0.05, 0) is 12.8 Å². The van der Waals surface area contributed by atoms with Crippen LogP contribution in [0, 0.1) is 6.92 Å². The smallest absolute Gasteiger partial charge is 0.292 e. The van der Waals surface area contributed by atoms with Crippen molar-refractivity contribution in [2.45, 2.75) is 38.2 Å². The summed E-state index contributed by atoms with van der Waals surface area (Å²) in [5, 5.41) is 16.1. The van der Waals surface area contributed by atoms with E-state index in [2.05, 4.69) is 15.5 Å². The average molecular weight is 225 g/mol. The fourth-order valence-electron chi connectivity index (χ4n) is 1.93. The molecule has 1 amide bonds. The summed E-state index contributed by atoms with van der Waals surface area (Å²) < 4.78 is 4.70. The first kappa shape index (κ1) is 11.1. The van der Waals surface area contributed by atoms with Crippen molar-refractivity contribution in [3.63, 3.8) is 0 Å². The van der Waals surface area contributed by atoms with E-state index in [0.29, 0.717) is 5.89 Å². The molecule has 0 bridgehead atoms. The van der Waals surface area contributed by atoms with E-state index in [0.717, 1.165) is 25.7 Å². The summed E-state index contributed by atoms with van der Waals surface area (Å²) in [6, 6.07) is 0. The van der Waals surface area contributed by atoms with Gasteiger partial charge in [0.25, 0.3) is 11.7 Å². The summed E-state index contributed by atoms with van der Waals surface area (Å²) in [5.41, 5.74) is -0.756. The lowest BCUT2D eigenvalue weighted by Gasteiger charge is -2.21. The first-order valence-corrected chi connectivity index (χ1v) is 5.40. The molecule has 0 radical (unpaired) electrons. The van der Waals surface area contributed by atoms with Crippen LogP contribution in [0.3, 0.4) is 0 Å². The highest BCUT2D eigenvalue weighted by Gasteiger charge is 2.31. The zero-order valence-corrected chi connectivity index (χ0v) is 9.19. The van der Waals surface area contributed by atoms with Crippen LogP contribution in [0.2, 0.25) is 0 Å². The van der Waals surface area contributed by atoms with Gasteiger partial charge in [0, 0.05) is 13.5 Å². The largest absolute Gasteiger partial charge is 0.388 e. The van der Waals surface area contributed by atoms with Crippen LogP contribution in [0.1, 0.15) is 42.2 Å². The first-order valence-electron chi connectivity index (χ1n) is 5.40. The molecule has 0 unspecified atom stereocenters. The molecular formula is C10H15N3O3. The number of hydrogen-bond donors (Lipinski definition) is 2. The van der Waals surface area contributed by atoms with Crippen LogP contribution in [0.5, 0.6) is 0 Å². The van der Waals surface area contributed by atoms with E-state index in [1.165, 1.54) is 0 Å². The van der Waals surface area contributed by atoms with Crippen LogP contribution in [-0.4, -0.2) is 33.3 Å². The molecule has 0 saturated heterocycles. The number of rotatable bonds is 3. The van der Waals surface area contributed by atoms with E-state index < -0.39 is 11.5 Å². The van der Waals surface area contributed by atoms with Crippen molar-refractivity contribution in [3.05, 3.63) is 11.7 Å². The summed E-state index contributed by atoms with van der Waals surface area (Å²) in [4.78, 5) is 15.4. The number of aliphatic hydroxyl groups is 1. The molecule has 2 N–H and O–H groups in total. The fraction of sp³-hybridized carbons (Fsp3) is 0.700. The summed E-state index contributed by atoms with van der Waals surface area (Å²) in [5.74, 6) is -0.0407. The predicted molar refractivity (Wildman–Crippen MR) is 54.8 cm³/mol. The molecule has 6 heteroatoms. The topological polar surface area (TPSA) is 88.2 Å². The van der Waals surface area contributed by atoms with Crippen molar-refractivity contribution in [2.75, 3.05) is 6.54 Å². The molecule has 1 aromatic heterocycles. The van der Waals surface area contributed by atoms with Gasteiger partial charge < -0.3 is 14.9 Å². The molecule has 0 spiro atoms. The van der Waals surface area contributed by atoms with Crippen LogP contribution in [0.4, 0.5) is 0 Å². The van der Waals surface area contributed by atoms with E-state index in [-0.39, 0.29) is 12.4 Å². The fourth-order valence-corrected chi connectivity index (χ4v) is 1.93. The normalized spacial score (nSPS) is 18.6. The number of nitrogens with zero attached hydrogens (tertiary/aromatic N) is 2. The second-order valence-electron chi connectivity index (χ2n) is 4.25. The standard InChI is InChI=1S/C10H15N3O3/c1-7-12-8(13-16-7)9(14)11-6-10(15)4-2-3-5-10/h15H,2-6H2,1H3,(H,11,14). The molecule has 1 aliphatic carbocycles. The Labute approximate surface area is 93.0 Å². The van der Waals surface area contributed by atoms with E-state index in [9.17, 15) is 9.90 Å². The van der Waals surface area contributed by atoms with Gasteiger partial charge >= 0.3 is 0 Å². The van der Waals surface area contributed by atoms with Gasteiger partial charge in [0.1, 0.15) is 0 Å². The predicted octanol–water partition coefficient (Wildman–Crippen LogP) is 0.413. The number of hydrogen-bond acceptors (Lipinski definition) is 5. The van der Waals surface area contributed by atoms with Crippen molar-refractivity contribution < 1.29 is 14.4 Å². The summed E-state index contributed by atoms with van der Waals surface area (Å²) >= 11 is 0. The minimum absolute atomic E-state index is 0.0131. The molecule has 1 fully saturated rings. The van der Waals surface area contributed by atoms with Gasteiger partial charge in [-0.3, -0.25) is 4.79 Å². The maximum absolute atomic E-state index is 11.5. The highest BCUT2D eigenvalue weighted by molar-refractivity contribution is 5.90. The number of carbonyl (C=O) groups excluding carboxylic acids is 1. The van der Waals surface area contributed by atoms with E-state index in [1.54, 1.807) is 6.92 Å². The molecule has 1 aromatic rings. The third kappa shape index (κ3) is 2.38. The Morgan fingerprint density at radius 3 is 2.81 bits per heavy atom. The second-order valence-corrected chi connectivity index (χ2v) is 4.25. The maximum atomic E-state index is 11.5. The molecule has 1 heterocycles. The van der Waals surface area contributed by atoms with Crippen LogP contribution in [0.15, 0.2) is 4.52 Å². The summed E-state index contributed by atoms with van der Waals surface area (Å²) in [6.45, 7) is 1.87. The Balaban J connectivity index is 1.88. The van der Waals surface area contributed by atoms with Crippen molar-refractivity contribution in [3.8, 4) is 0 Å². The second kappa shape index (κ2) is 4.21. The third-order valence-corrected chi connectivity index (χ3v) is 2.84. The van der Waals surface area contributed by atoms with Crippen LogP contribution in [-0.2, 0) is 0 Å². The molecule has 6 nitrogen and oxygen atoms in total. The number of aryl methyl sites for hydroxylation is 1. The molecule has 88 valence electrons. The molecule has 16 heavy (non-hydrogen) atoms. The van der Waals surface area contributed by atoms with E-state index in [1.807, 2.05) is 0 Å². The molecule has 0 aromatic carbocycles. The van der Waals surface area contributed by atoms with Crippen molar-refractivity contribution in [2.24, 2.45) is 0 Å². The highest BCUT2D eigenvalue weighted by Crippen LogP contribution is 2.28. The summed E-state index contributed by atoms with van der Waals surface area (Å²) in [7, 11) is 0. The number of amides is 1. The average Bonchev–Trinajstić information content (AvgIpc) is 2.85. The van der Waals surface area contributed by atoms with Crippen LogP contribution in [0.25, 0.3) is 0 Å². The monoisotopic (exact) mass is 225 g/mol. The van der Waals surface area contributed by atoms with Crippen LogP contribution < -0.4 is 5.32 Å². The van der Waals surface area contributed by atoms with Gasteiger partial charge in [-0.1, -0.05) is 18.0 Å². The Morgan fingerprint density at radius 1 is 1.56 bits per heavy atom. The van der Waals surface area contributed by atoms with Crippen molar-refractivity contribution in [1.82, 2.24) is 15.5 Å². The SMILES string of the molecule is Cc1nc(C(=O)NCC2(O)CCCC2)no1. The zero-order chi connectivity index (χ0) is 11.6. The molecule has 2 rings (SSSR count). The highest BCUT2D eigenvalue weighted by atomic mass is 16.5. The maximum Gasteiger partial charge on any atom is 0.292 e. The Kier molecular flexibility index (Phi) is 2.91. The Hall–Kier alpha value is -1.43. The third-order valence-electron chi connectivity index (χ3n) is 2.84. The van der Waals surface area contributed by atoms with Gasteiger partial charge in [-0.15, -0.1) is 0 Å². The Morgan fingerprint density at radius 2 is 2.25 bits per heavy atom. The number of carbonyl (C=O) groups is 1. The quantitative estimate of drug-likeness (QED) is 0.778. The minimum Gasteiger partial charge on any atom is -0.388 e. The van der Waals surface area contributed by atoms with Gasteiger partial charge in [-0.2, -0.15) is 4.98 Å². The molecule has 1 aliphatic rings. The van der Waals surface area contributed by atoms with Crippen molar-refractivity contribution >= 4 is 5.91 Å². The molecule has 1 saturated carbocycles. The van der Waals surface area contributed by atoms with Gasteiger partial charge in [0.15, 0.2) is 0 Å². The lowest BCUT2D eigenvalue weighted by atomic mass is 10.0. The lowest BCUT2D eigenvalue weighted by molar-refractivity contribution is 0.0447. The van der Waals surface area contributed by atoms with Gasteiger partial charge in [0.2, 0.25) is 5.89 Å². The number of nitrogens with one attached hydrogen (secondary N) is 1. The van der Waals surface area contributed by atoms with Crippen molar-refractivity contribution in [1.29, 1.82) is 0 Å². The minimum atomic E-state index is -0.756. The number of aromatic nitrogens is 2. The summed E-state index contributed by atoms with van der Waals surface area (Å²) in [6.07, 6.45) is 3.48. The van der Waals surface area contributed by atoms with E-state index in [4.69, 9.17) is 4.52 Å². The zero-order valence-electron chi connectivity index (χ0n) is 9.19. The van der Waals surface area contributed by atoms with Crippen LogP contribution >= 0.6 is 0 Å². The van der Waals surface area contributed by atoms with Gasteiger partial charge in [-0.25, -0.2) is 0 Å².